The average molecular weight is 408 g/mol. The van der Waals surface area contributed by atoms with E-state index < -0.39 is 0 Å². The van der Waals surface area contributed by atoms with Gasteiger partial charge >= 0.3 is 0 Å². The van der Waals surface area contributed by atoms with Gasteiger partial charge in [-0.05, 0) is 50.1 Å². The van der Waals surface area contributed by atoms with E-state index in [1.54, 1.807) is 6.07 Å². The molecule has 2 aromatic carbocycles. The van der Waals surface area contributed by atoms with Crippen LogP contribution in [-0.2, 0) is 4.79 Å². The Kier molecular flexibility index (Phi) is 6.21. The molecule has 2 aromatic rings. The summed E-state index contributed by atoms with van der Waals surface area (Å²) in [6.07, 6.45) is 1.38. The van der Waals surface area contributed by atoms with E-state index in [1.165, 1.54) is 0 Å². The van der Waals surface area contributed by atoms with Crippen molar-refractivity contribution in [3.05, 3.63) is 54.1 Å². The Morgan fingerprint density at radius 1 is 1.00 bits per heavy atom. The zero-order valence-corrected chi connectivity index (χ0v) is 17.4. The van der Waals surface area contributed by atoms with Crippen LogP contribution in [0.4, 0.5) is 5.69 Å². The molecule has 158 valence electrons. The van der Waals surface area contributed by atoms with E-state index in [9.17, 15) is 9.59 Å². The predicted molar refractivity (Wildman–Crippen MR) is 115 cm³/mol. The molecule has 6 heteroatoms. The van der Waals surface area contributed by atoms with Crippen molar-refractivity contribution >= 4 is 17.4 Å². The predicted octanol–water partition coefficient (Wildman–Crippen LogP) is 3.41. The van der Waals surface area contributed by atoms with Crippen LogP contribution in [0.2, 0.25) is 0 Å². The van der Waals surface area contributed by atoms with Crippen molar-refractivity contribution in [1.82, 2.24) is 4.90 Å². The number of nitrogens with zero attached hydrogens (tertiary/aromatic N) is 2. The lowest BCUT2D eigenvalue weighted by atomic mass is 9.88. The molecular weight excluding hydrogens is 380 g/mol. The quantitative estimate of drug-likeness (QED) is 0.686. The Hall–Kier alpha value is -3.02. The summed E-state index contributed by atoms with van der Waals surface area (Å²) < 4.78 is 11.1. The molecule has 6 nitrogen and oxygen atoms in total. The molecule has 0 N–H and O–H groups in total. The lowest BCUT2D eigenvalue weighted by Gasteiger charge is -2.33. The van der Waals surface area contributed by atoms with E-state index in [1.807, 2.05) is 47.4 Å². The highest BCUT2D eigenvalue weighted by Gasteiger charge is 2.29. The average Bonchev–Trinajstić information content (AvgIpc) is 2.82. The lowest BCUT2D eigenvalue weighted by Crippen LogP contribution is -2.45. The van der Waals surface area contributed by atoms with Crippen molar-refractivity contribution < 1.29 is 19.1 Å². The van der Waals surface area contributed by atoms with Gasteiger partial charge in [0.1, 0.15) is 13.2 Å². The molecule has 0 aromatic heterocycles. The molecule has 2 aliphatic heterocycles. The number of piperidine rings is 1. The number of Topliss-reactive ketones (excluding diaryl/α,β-unsaturated/α-hetero) is 1. The van der Waals surface area contributed by atoms with Crippen LogP contribution in [0.5, 0.6) is 11.5 Å². The highest BCUT2D eigenvalue weighted by atomic mass is 16.6. The Morgan fingerprint density at radius 3 is 2.40 bits per heavy atom. The molecule has 0 radical (unpaired) electrons. The summed E-state index contributed by atoms with van der Waals surface area (Å²) in [6.45, 7) is 5.46. The van der Waals surface area contributed by atoms with E-state index in [-0.39, 0.29) is 17.6 Å². The van der Waals surface area contributed by atoms with Crippen LogP contribution in [0.15, 0.2) is 48.5 Å². The van der Waals surface area contributed by atoms with Gasteiger partial charge in [0.2, 0.25) is 5.91 Å². The molecule has 0 atom stereocenters. The second kappa shape index (κ2) is 9.20. The van der Waals surface area contributed by atoms with E-state index in [0.29, 0.717) is 62.8 Å². The Morgan fingerprint density at radius 2 is 1.70 bits per heavy atom. The molecule has 0 aliphatic carbocycles. The minimum Gasteiger partial charge on any atom is -0.486 e. The van der Waals surface area contributed by atoms with Gasteiger partial charge in [0.25, 0.3) is 0 Å². The molecule has 0 spiro atoms. The first kappa shape index (κ1) is 20.3. The van der Waals surface area contributed by atoms with Crippen molar-refractivity contribution in [3.8, 4) is 11.5 Å². The van der Waals surface area contributed by atoms with E-state index in [2.05, 4.69) is 11.8 Å². The van der Waals surface area contributed by atoms with Gasteiger partial charge in [-0.15, -0.1) is 0 Å². The number of rotatable bonds is 6. The van der Waals surface area contributed by atoms with E-state index in [0.717, 1.165) is 12.2 Å². The Labute approximate surface area is 177 Å². The van der Waals surface area contributed by atoms with Crippen molar-refractivity contribution in [2.24, 2.45) is 5.92 Å². The van der Waals surface area contributed by atoms with Crippen LogP contribution < -0.4 is 14.4 Å². The van der Waals surface area contributed by atoms with Gasteiger partial charge in [-0.3, -0.25) is 9.59 Å². The SMILES string of the molecule is CCN(CC(=O)N1CCC(C(=O)c2ccc3c(c2)OCCO3)CC1)c1ccccc1. The molecule has 2 aliphatic rings. The molecule has 1 amide bonds. The molecule has 30 heavy (non-hydrogen) atoms. The van der Waals surface area contributed by atoms with Crippen molar-refractivity contribution in [1.29, 1.82) is 0 Å². The number of likely N-dealkylation sites (tertiary alicyclic amines) is 1. The topological polar surface area (TPSA) is 59.1 Å². The van der Waals surface area contributed by atoms with E-state index >= 15 is 0 Å². The first-order valence-electron chi connectivity index (χ1n) is 10.7. The summed E-state index contributed by atoms with van der Waals surface area (Å²) in [7, 11) is 0. The molecular formula is C24H28N2O4. The van der Waals surface area contributed by atoms with Gasteiger partial charge in [0, 0.05) is 36.8 Å². The van der Waals surface area contributed by atoms with Crippen LogP contribution in [0.3, 0.4) is 0 Å². The third-order valence-corrected chi connectivity index (χ3v) is 5.87. The zero-order valence-electron chi connectivity index (χ0n) is 17.4. The minimum atomic E-state index is -0.0620. The summed E-state index contributed by atoms with van der Waals surface area (Å²) >= 11 is 0. The first-order valence-corrected chi connectivity index (χ1v) is 10.7. The highest BCUT2D eigenvalue weighted by molar-refractivity contribution is 5.98. The summed E-state index contributed by atoms with van der Waals surface area (Å²) in [5.41, 5.74) is 1.71. The van der Waals surface area contributed by atoms with Crippen LogP contribution in [0.1, 0.15) is 30.1 Å². The number of ether oxygens (including phenoxy) is 2. The summed E-state index contributed by atoms with van der Waals surface area (Å²) in [4.78, 5) is 29.7. The van der Waals surface area contributed by atoms with Gasteiger partial charge in [0.05, 0.1) is 6.54 Å². The number of carbonyl (C=O) groups is 2. The fourth-order valence-electron chi connectivity index (χ4n) is 4.11. The number of ketones is 1. The smallest absolute Gasteiger partial charge is 0.242 e. The number of fused-ring (bicyclic) bond motifs is 1. The van der Waals surface area contributed by atoms with Crippen LogP contribution in [0.25, 0.3) is 0 Å². The van der Waals surface area contributed by atoms with Gasteiger partial charge in [0.15, 0.2) is 17.3 Å². The summed E-state index contributed by atoms with van der Waals surface area (Å²) in [5, 5.41) is 0. The fraction of sp³-hybridized carbons (Fsp3) is 0.417. The standard InChI is InChI=1S/C24H28N2O4/c1-2-25(20-6-4-3-5-7-20)17-23(27)26-12-10-18(11-13-26)24(28)19-8-9-21-22(16-19)30-15-14-29-21/h3-9,16,18H,2,10-15,17H2,1H3. The maximum atomic E-state index is 13.0. The monoisotopic (exact) mass is 408 g/mol. The third-order valence-electron chi connectivity index (χ3n) is 5.87. The Bertz CT molecular complexity index is 891. The number of para-hydroxylation sites is 1. The van der Waals surface area contributed by atoms with Crippen molar-refractivity contribution in [2.45, 2.75) is 19.8 Å². The lowest BCUT2D eigenvalue weighted by molar-refractivity contribution is -0.130. The summed E-state index contributed by atoms with van der Waals surface area (Å²) in [6, 6.07) is 15.4. The number of anilines is 1. The molecule has 0 unspecified atom stereocenters. The largest absolute Gasteiger partial charge is 0.486 e. The maximum absolute atomic E-state index is 13.0. The minimum absolute atomic E-state index is 0.0620. The van der Waals surface area contributed by atoms with Gasteiger partial charge < -0.3 is 19.3 Å². The van der Waals surface area contributed by atoms with Gasteiger partial charge in [-0.2, -0.15) is 0 Å². The maximum Gasteiger partial charge on any atom is 0.242 e. The second-order valence-corrected chi connectivity index (χ2v) is 7.73. The molecule has 0 bridgehead atoms. The zero-order chi connectivity index (χ0) is 20.9. The van der Waals surface area contributed by atoms with Crippen molar-refractivity contribution in [3.63, 3.8) is 0 Å². The van der Waals surface area contributed by atoms with Crippen LogP contribution in [0, 0.1) is 5.92 Å². The third kappa shape index (κ3) is 4.42. The first-order chi connectivity index (χ1) is 14.7. The molecule has 1 saturated heterocycles. The number of hydrogen-bond acceptors (Lipinski definition) is 5. The number of amides is 1. The molecule has 2 heterocycles. The number of likely N-dealkylation sites (N-methyl/N-ethyl adjacent to an activating group) is 1. The van der Waals surface area contributed by atoms with E-state index in [4.69, 9.17) is 9.47 Å². The number of hydrogen-bond donors (Lipinski definition) is 0. The molecule has 1 fully saturated rings. The fourth-order valence-corrected chi connectivity index (χ4v) is 4.11. The van der Waals surface area contributed by atoms with Gasteiger partial charge in [-0.25, -0.2) is 0 Å². The summed E-state index contributed by atoms with van der Waals surface area (Å²) in [5.74, 6) is 1.51. The van der Waals surface area contributed by atoms with Crippen LogP contribution in [-0.4, -0.2) is 56.0 Å². The molecule has 0 saturated carbocycles. The number of carbonyl (C=O) groups excluding carboxylic acids is 2. The van der Waals surface area contributed by atoms with Gasteiger partial charge in [-0.1, -0.05) is 18.2 Å². The normalized spacial score (nSPS) is 16.2. The molecule has 4 rings (SSSR count). The van der Waals surface area contributed by atoms with Crippen molar-refractivity contribution in [2.75, 3.05) is 44.3 Å². The second-order valence-electron chi connectivity index (χ2n) is 7.73. The highest BCUT2D eigenvalue weighted by Crippen LogP contribution is 2.32. The Balaban J connectivity index is 1.33. The van der Waals surface area contributed by atoms with Crippen LogP contribution >= 0.6 is 0 Å². The number of benzene rings is 2.